The Kier molecular flexibility index (Phi) is 5.19. The number of carboxylic acid groups (broad SMARTS) is 1. The van der Waals surface area contributed by atoms with Crippen molar-refractivity contribution in [2.24, 2.45) is 5.92 Å². The van der Waals surface area contributed by atoms with Gasteiger partial charge in [-0.2, -0.15) is 0 Å². The van der Waals surface area contributed by atoms with Crippen LogP contribution in [0.5, 0.6) is 5.75 Å². The number of carbonyl (C=O) groups excluding carboxylic acids is 1. The molecule has 0 spiro atoms. The molecule has 0 saturated carbocycles. The summed E-state index contributed by atoms with van der Waals surface area (Å²) in [6, 6.07) is 10.9. The van der Waals surface area contributed by atoms with Crippen LogP contribution in [0.2, 0.25) is 0 Å². The number of hydrogen-bond acceptors (Lipinski definition) is 4. The van der Waals surface area contributed by atoms with Crippen LogP contribution in [0, 0.1) is 5.92 Å². The highest BCUT2D eigenvalue weighted by atomic mass is 16.5. The Hall–Kier alpha value is -2.60. The highest BCUT2D eigenvalue weighted by Gasteiger charge is 2.26. The van der Waals surface area contributed by atoms with Gasteiger partial charge >= 0.3 is 5.97 Å². The Balaban J connectivity index is 1.83. The van der Waals surface area contributed by atoms with E-state index >= 15 is 0 Å². The third kappa shape index (κ3) is 4.09. The lowest BCUT2D eigenvalue weighted by molar-refractivity contribution is -0.139. The number of aliphatic carboxylic acids is 1. The van der Waals surface area contributed by atoms with Gasteiger partial charge in [0, 0.05) is 29.0 Å². The first-order valence-electron chi connectivity index (χ1n) is 8.33. The zero-order valence-electron chi connectivity index (χ0n) is 14.0. The second kappa shape index (κ2) is 7.53. The molecule has 0 bridgehead atoms. The van der Waals surface area contributed by atoms with E-state index in [1.165, 1.54) is 0 Å². The third-order valence-electron chi connectivity index (χ3n) is 4.35. The van der Waals surface area contributed by atoms with Crippen LogP contribution in [-0.4, -0.2) is 36.3 Å². The fourth-order valence-electron chi connectivity index (χ4n) is 3.12. The summed E-state index contributed by atoms with van der Waals surface area (Å²) in [5.74, 6) is -0.629. The van der Waals surface area contributed by atoms with Gasteiger partial charge in [0.25, 0.3) is 0 Å². The first-order valence-corrected chi connectivity index (χ1v) is 8.33. The second-order valence-corrected chi connectivity index (χ2v) is 6.23. The van der Waals surface area contributed by atoms with E-state index in [0.717, 1.165) is 10.8 Å². The summed E-state index contributed by atoms with van der Waals surface area (Å²) in [6.45, 7) is 2.17. The average molecular weight is 343 g/mol. The van der Waals surface area contributed by atoms with Crippen LogP contribution in [-0.2, 0) is 14.3 Å². The van der Waals surface area contributed by atoms with Gasteiger partial charge in [0.2, 0.25) is 5.91 Å². The minimum atomic E-state index is -1.03. The molecule has 0 unspecified atom stereocenters. The van der Waals surface area contributed by atoms with E-state index < -0.39 is 12.6 Å². The van der Waals surface area contributed by atoms with Crippen molar-refractivity contribution >= 4 is 28.3 Å². The fourth-order valence-corrected chi connectivity index (χ4v) is 3.12. The van der Waals surface area contributed by atoms with Gasteiger partial charge in [0.1, 0.15) is 5.75 Å². The molecule has 0 aliphatic carbocycles. The maximum Gasteiger partial charge on any atom is 0.341 e. The van der Waals surface area contributed by atoms with Crippen molar-refractivity contribution < 1.29 is 24.2 Å². The molecule has 6 nitrogen and oxygen atoms in total. The van der Waals surface area contributed by atoms with Gasteiger partial charge in [-0.25, -0.2) is 4.79 Å². The topological polar surface area (TPSA) is 84.9 Å². The molecule has 1 amide bonds. The number of carbonyl (C=O) groups is 2. The van der Waals surface area contributed by atoms with Crippen LogP contribution in [0.15, 0.2) is 36.4 Å². The Morgan fingerprint density at radius 3 is 2.72 bits per heavy atom. The molecule has 0 radical (unpaired) electrons. The van der Waals surface area contributed by atoms with Gasteiger partial charge in [-0.15, -0.1) is 0 Å². The summed E-state index contributed by atoms with van der Waals surface area (Å²) in [7, 11) is 0. The quantitative estimate of drug-likeness (QED) is 0.871. The van der Waals surface area contributed by atoms with Crippen molar-refractivity contribution in [3.63, 3.8) is 0 Å². The number of hydrogen-bond donors (Lipinski definition) is 2. The fraction of sp³-hybridized carbons (Fsp3) is 0.368. The van der Waals surface area contributed by atoms with Crippen LogP contribution in [0.3, 0.4) is 0 Å². The largest absolute Gasteiger partial charge is 0.481 e. The van der Waals surface area contributed by atoms with Crippen molar-refractivity contribution in [1.29, 1.82) is 0 Å². The average Bonchev–Trinajstić information content (AvgIpc) is 2.61. The minimum Gasteiger partial charge on any atom is -0.481 e. The second-order valence-electron chi connectivity index (χ2n) is 6.23. The van der Waals surface area contributed by atoms with Gasteiger partial charge in [-0.05, 0) is 31.9 Å². The molecule has 25 heavy (non-hydrogen) atoms. The lowest BCUT2D eigenvalue weighted by Crippen LogP contribution is -2.32. The maximum atomic E-state index is 12.6. The Morgan fingerprint density at radius 2 is 2.00 bits per heavy atom. The molecule has 2 aromatic carbocycles. The molecular weight excluding hydrogens is 322 g/mol. The molecule has 1 aliphatic rings. The zero-order valence-corrected chi connectivity index (χ0v) is 14.0. The molecule has 1 heterocycles. The minimum absolute atomic E-state index is 0.0143. The zero-order chi connectivity index (χ0) is 17.8. The summed E-state index contributed by atoms with van der Waals surface area (Å²) < 4.78 is 10.8. The smallest absolute Gasteiger partial charge is 0.341 e. The predicted octanol–water partition coefficient (Wildman–Crippen LogP) is 3.06. The SMILES string of the molecule is C[C@H]1C[C@H](C(=O)Nc2ccc(OCC(=O)O)c3ccccc23)CCO1. The summed E-state index contributed by atoms with van der Waals surface area (Å²) in [5.41, 5.74) is 0.697. The van der Waals surface area contributed by atoms with E-state index in [0.29, 0.717) is 30.9 Å². The highest BCUT2D eigenvalue weighted by Crippen LogP contribution is 2.32. The number of rotatable bonds is 5. The van der Waals surface area contributed by atoms with E-state index in [4.69, 9.17) is 14.6 Å². The summed E-state index contributed by atoms with van der Waals surface area (Å²) >= 11 is 0. The first-order chi connectivity index (χ1) is 12.0. The number of fused-ring (bicyclic) bond motifs is 1. The Morgan fingerprint density at radius 1 is 1.24 bits per heavy atom. The molecule has 1 fully saturated rings. The van der Waals surface area contributed by atoms with Crippen LogP contribution in [0.1, 0.15) is 19.8 Å². The van der Waals surface area contributed by atoms with Crippen molar-refractivity contribution in [2.45, 2.75) is 25.9 Å². The van der Waals surface area contributed by atoms with Crippen molar-refractivity contribution in [2.75, 3.05) is 18.5 Å². The van der Waals surface area contributed by atoms with E-state index in [9.17, 15) is 9.59 Å². The lowest BCUT2D eigenvalue weighted by atomic mass is 9.95. The molecule has 0 aromatic heterocycles. The maximum absolute atomic E-state index is 12.6. The van der Waals surface area contributed by atoms with Gasteiger partial charge in [-0.3, -0.25) is 4.79 Å². The van der Waals surface area contributed by atoms with Crippen molar-refractivity contribution in [3.05, 3.63) is 36.4 Å². The molecule has 132 valence electrons. The van der Waals surface area contributed by atoms with Crippen molar-refractivity contribution in [1.82, 2.24) is 0 Å². The van der Waals surface area contributed by atoms with E-state index in [1.54, 1.807) is 12.1 Å². The molecule has 6 heteroatoms. The number of anilines is 1. The number of ether oxygens (including phenoxy) is 2. The van der Waals surface area contributed by atoms with Crippen LogP contribution < -0.4 is 10.1 Å². The van der Waals surface area contributed by atoms with Gasteiger partial charge < -0.3 is 19.9 Å². The van der Waals surface area contributed by atoms with E-state index in [2.05, 4.69) is 5.32 Å². The van der Waals surface area contributed by atoms with Crippen LogP contribution in [0.25, 0.3) is 10.8 Å². The van der Waals surface area contributed by atoms with Gasteiger partial charge in [0.15, 0.2) is 6.61 Å². The summed E-state index contributed by atoms with van der Waals surface area (Å²) in [5, 5.41) is 13.4. The standard InChI is InChI=1S/C19H21NO5/c1-12-10-13(8-9-24-12)19(23)20-16-6-7-17(25-11-18(21)22)15-5-3-2-4-14(15)16/h2-7,12-13H,8-11H2,1H3,(H,20,23)(H,21,22)/t12-,13+/m0/s1. The van der Waals surface area contributed by atoms with Crippen molar-refractivity contribution in [3.8, 4) is 5.75 Å². The molecule has 2 N–H and O–H groups in total. The monoisotopic (exact) mass is 343 g/mol. The number of amides is 1. The molecule has 1 saturated heterocycles. The number of nitrogens with one attached hydrogen (secondary N) is 1. The molecule has 1 aliphatic heterocycles. The highest BCUT2D eigenvalue weighted by molar-refractivity contribution is 6.04. The van der Waals surface area contributed by atoms with E-state index in [1.807, 2.05) is 31.2 Å². The normalized spacial score (nSPS) is 20.2. The van der Waals surface area contributed by atoms with Crippen LogP contribution >= 0.6 is 0 Å². The molecular formula is C19H21NO5. The lowest BCUT2D eigenvalue weighted by Gasteiger charge is -2.26. The van der Waals surface area contributed by atoms with Gasteiger partial charge in [-0.1, -0.05) is 24.3 Å². The molecule has 2 aromatic rings. The summed E-state index contributed by atoms with van der Waals surface area (Å²) in [4.78, 5) is 23.3. The Bertz CT molecular complexity index is 788. The number of benzene rings is 2. The Labute approximate surface area is 145 Å². The van der Waals surface area contributed by atoms with Crippen LogP contribution in [0.4, 0.5) is 5.69 Å². The van der Waals surface area contributed by atoms with Gasteiger partial charge in [0.05, 0.1) is 6.10 Å². The predicted molar refractivity (Wildman–Crippen MR) is 93.8 cm³/mol. The third-order valence-corrected chi connectivity index (χ3v) is 4.35. The van der Waals surface area contributed by atoms with E-state index in [-0.39, 0.29) is 17.9 Å². The number of carboxylic acids is 1. The summed E-state index contributed by atoms with van der Waals surface area (Å²) in [6.07, 6.45) is 1.52. The first kappa shape index (κ1) is 17.2. The molecule has 3 rings (SSSR count). The molecule has 2 atom stereocenters.